The highest BCUT2D eigenvalue weighted by Gasteiger charge is 2.27. The van der Waals surface area contributed by atoms with Crippen molar-refractivity contribution in [2.24, 2.45) is 0 Å². The highest BCUT2D eigenvalue weighted by Crippen LogP contribution is 2.31. The third kappa shape index (κ3) is 4.05. The maximum Gasteiger partial charge on any atom is 0.265 e. The molecule has 1 aliphatic heterocycles. The Balaban J connectivity index is 1.68. The number of carbonyl (C=O) groups is 2. The SMILES string of the molecule is N#Cc1cccc(S(=O)(=O)NNC(=O)CN2C(=O)COc3ccccc32)c1. The molecule has 0 unspecified atom stereocenters. The number of sulfonamides is 1. The molecule has 2 aromatic carbocycles. The van der Waals surface area contributed by atoms with Gasteiger partial charge in [0.15, 0.2) is 6.61 Å². The number of fused-ring (bicyclic) bond motifs is 1. The van der Waals surface area contributed by atoms with E-state index in [1.54, 1.807) is 24.3 Å². The predicted octanol–water partition coefficient (Wildman–Crippen LogP) is 0.293. The lowest BCUT2D eigenvalue weighted by Gasteiger charge is -2.28. The smallest absolute Gasteiger partial charge is 0.265 e. The van der Waals surface area contributed by atoms with Crippen molar-refractivity contribution >= 4 is 27.5 Å². The van der Waals surface area contributed by atoms with E-state index in [2.05, 4.69) is 5.43 Å². The summed E-state index contributed by atoms with van der Waals surface area (Å²) in [5, 5.41) is 8.85. The van der Waals surface area contributed by atoms with Crippen LogP contribution < -0.4 is 19.9 Å². The van der Waals surface area contributed by atoms with E-state index in [4.69, 9.17) is 10.00 Å². The van der Waals surface area contributed by atoms with Crippen molar-refractivity contribution in [3.63, 3.8) is 0 Å². The van der Waals surface area contributed by atoms with Crippen molar-refractivity contribution in [3.05, 3.63) is 54.1 Å². The van der Waals surface area contributed by atoms with Gasteiger partial charge in [0.25, 0.3) is 21.8 Å². The van der Waals surface area contributed by atoms with E-state index in [0.717, 1.165) is 0 Å². The molecular formula is C17H14N4O5S. The normalized spacial score (nSPS) is 13.3. The van der Waals surface area contributed by atoms with E-state index in [1.807, 2.05) is 10.9 Å². The molecule has 0 aromatic heterocycles. The second kappa shape index (κ2) is 7.45. The fourth-order valence-electron chi connectivity index (χ4n) is 2.43. The van der Waals surface area contributed by atoms with Crippen LogP contribution in [0.4, 0.5) is 5.69 Å². The van der Waals surface area contributed by atoms with Crippen LogP contribution in [0.1, 0.15) is 5.56 Å². The largest absolute Gasteiger partial charge is 0.482 e. The lowest BCUT2D eigenvalue weighted by molar-refractivity contribution is -0.125. The number of nitrogens with zero attached hydrogens (tertiary/aromatic N) is 2. The number of rotatable bonds is 5. The lowest BCUT2D eigenvalue weighted by Crippen LogP contribution is -2.49. The quantitative estimate of drug-likeness (QED) is 0.711. The first kappa shape index (κ1) is 18.4. The molecule has 0 aliphatic carbocycles. The number of anilines is 1. The molecule has 2 N–H and O–H groups in total. The van der Waals surface area contributed by atoms with Gasteiger partial charge >= 0.3 is 0 Å². The van der Waals surface area contributed by atoms with Gasteiger partial charge in [-0.15, -0.1) is 4.83 Å². The second-order valence-corrected chi connectivity index (χ2v) is 7.21. The number of benzene rings is 2. The van der Waals surface area contributed by atoms with Gasteiger partial charge in [-0.05, 0) is 30.3 Å². The maximum atomic E-state index is 12.2. The molecule has 27 heavy (non-hydrogen) atoms. The van der Waals surface area contributed by atoms with Gasteiger partial charge in [0.1, 0.15) is 12.3 Å². The van der Waals surface area contributed by atoms with Crippen LogP contribution >= 0.6 is 0 Å². The molecule has 0 spiro atoms. The van der Waals surface area contributed by atoms with Crippen LogP contribution in [0.2, 0.25) is 0 Å². The highest BCUT2D eigenvalue weighted by molar-refractivity contribution is 7.89. The maximum absolute atomic E-state index is 12.2. The number of nitrogens with one attached hydrogen (secondary N) is 2. The van der Waals surface area contributed by atoms with Crippen LogP contribution in [0.15, 0.2) is 53.4 Å². The molecule has 1 aliphatic rings. The number of hydrogen-bond donors (Lipinski definition) is 2. The zero-order chi connectivity index (χ0) is 19.4. The molecule has 0 fully saturated rings. The summed E-state index contributed by atoms with van der Waals surface area (Å²) in [5.74, 6) is -0.702. The number of amides is 2. The van der Waals surface area contributed by atoms with E-state index >= 15 is 0 Å². The average Bonchev–Trinajstić information content (AvgIpc) is 2.69. The molecule has 9 nitrogen and oxygen atoms in total. The number of nitriles is 1. The Morgan fingerprint density at radius 3 is 2.78 bits per heavy atom. The summed E-state index contributed by atoms with van der Waals surface area (Å²) in [5.41, 5.74) is 2.65. The number of hydrogen-bond acceptors (Lipinski definition) is 6. The topological polar surface area (TPSA) is 129 Å². The van der Waals surface area contributed by atoms with Gasteiger partial charge < -0.3 is 4.74 Å². The molecule has 0 radical (unpaired) electrons. The van der Waals surface area contributed by atoms with Crippen LogP contribution in [0.25, 0.3) is 0 Å². The van der Waals surface area contributed by atoms with E-state index in [1.165, 1.54) is 29.2 Å². The average molecular weight is 386 g/mol. The van der Waals surface area contributed by atoms with Crippen molar-refractivity contribution in [2.45, 2.75) is 4.90 Å². The Hall–Kier alpha value is -3.42. The Morgan fingerprint density at radius 1 is 1.22 bits per heavy atom. The van der Waals surface area contributed by atoms with E-state index in [-0.39, 0.29) is 23.6 Å². The van der Waals surface area contributed by atoms with Gasteiger partial charge in [-0.25, -0.2) is 8.42 Å². The molecule has 0 saturated heterocycles. The van der Waals surface area contributed by atoms with Gasteiger partial charge in [0.05, 0.1) is 22.2 Å². The monoisotopic (exact) mass is 386 g/mol. The first-order valence-corrected chi connectivity index (χ1v) is 9.22. The van der Waals surface area contributed by atoms with Crippen molar-refractivity contribution < 1.29 is 22.7 Å². The minimum Gasteiger partial charge on any atom is -0.482 e. The van der Waals surface area contributed by atoms with Crippen LogP contribution in [0.5, 0.6) is 5.75 Å². The first-order chi connectivity index (χ1) is 12.9. The predicted molar refractivity (Wildman–Crippen MR) is 93.9 cm³/mol. The summed E-state index contributed by atoms with van der Waals surface area (Å²) < 4.78 is 29.7. The number of ether oxygens (including phenoxy) is 1. The van der Waals surface area contributed by atoms with Gasteiger partial charge in [-0.3, -0.25) is 19.9 Å². The zero-order valence-corrected chi connectivity index (χ0v) is 14.7. The molecule has 0 atom stereocenters. The van der Waals surface area contributed by atoms with Crippen molar-refractivity contribution in [1.82, 2.24) is 10.3 Å². The number of hydrazine groups is 1. The summed E-state index contributed by atoms with van der Waals surface area (Å²) >= 11 is 0. The third-order valence-electron chi connectivity index (χ3n) is 3.71. The van der Waals surface area contributed by atoms with Crippen molar-refractivity contribution in [1.29, 1.82) is 5.26 Å². The number of carbonyl (C=O) groups excluding carboxylic acids is 2. The molecule has 138 valence electrons. The van der Waals surface area contributed by atoms with E-state index in [9.17, 15) is 18.0 Å². The Kier molecular flexibility index (Phi) is 5.07. The van der Waals surface area contributed by atoms with Gasteiger partial charge in [-0.1, -0.05) is 18.2 Å². The lowest BCUT2D eigenvalue weighted by atomic mass is 10.2. The molecule has 2 aromatic rings. The molecule has 1 heterocycles. The highest BCUT2D eigenvalue weighted by atomic mass is 32.2. The third-order valence-corrected chi connectivity index (χ3v) is 4.95. The molecule has 0 bridgehead atoms. The van der Waals surface area contributed by atoms with E-state index in [0.29, 0.717) is 11.4 Å². The standard InChI is InChI=1S/C17H14N4O5S/c18-9-12-4-3-5-13(8-12)27(24,25)20-19-16(22)10-21-14-6-1-2-7-15(14)26-11-17(21)23/h1-8,20H,10-11H2,(H,19,22). The molecule has 2 amide bonds. The summed E-state index contributed by atoms with van der Waals surface area (Å²) in [6.07, 6.45) is 0. The summed E-state index contributed by atoms with van der Waals surface area (Å²) in [6, 6.07) is 13.9. The Bertz CT molecular complexity index is 1050. The van der Waals surface area contributed by atoms with Gasteiger partial charge in [0.2, 0.25) is 0 Å². The number of para-hydroxylation sites is 2. The summed E-state index contributed by atoms with van der Waals surface area (Å²) in [7, 11) is -4.06. The fourth-order valence-corrected chi connectivity index (χ4v) is 3.33. The van der Waals surface area contributed by atoms with Crippen LogP contribution in [0.3, 0.4) is 0 Å². The first-order valence-electron chi connectivity index (χ1n) is 7.74. The van der Waals surface area contributed by atoms with Crippen LogP contribution in [0, 0.1) is 11.3 Å². The van der Waals surface area contributed by atoms with E-state index < -0.39 is 21.8 Å². The van der Waals surface area contributed by atoms with Crippen molar-refractivity contribution in [3.8, 4) is 11.8 Å². The second-order valence-electron chi connectivity index (χ2n) is 5.53. The minimum atomic E-state index is -4.06. The Morgan fingerprint density at radius 2 is 2.00 bits per heavy atom. The van der Waals surface area contributed by atoms with Gasteiger partial charge in [-0.2, -0.15) is 5.26 Å². The summed E-state index contributed by atoms with van der Waals surface area (Å²) in [4.78, 5) is 27.2. The molecule has 3 rings (SSSR count). The molecule has 0 saturated carbocycles. The summed E-state index contributed by atoms with van der Waals surface area (Å²) in [6.45, 7) is -0.600. The Labute approximate surface area is 155 Å². The molecule has 10 heteroatoms. The van der Waals surface area contributed by atoms with Gasteiger partial charge in [0, 0.05) is 0 Å². The zero-order valence-electron chi connectivity index (χ0n) is 13.9. The fraction of sp³-hybridized carbons (Fsp3) is 0.118. The minimum absolute atomic E-state index is 0.166. The van der Waals surface area contributed by atoms with Crippen molar-refractivity contribution in [2.75, 3.05) is 18.1 Å². The van der Waals surface area contributed by atoms with Crippen LogP contribution in [-0.4, -0.2) is 33.4 Å². The molecular weight excluding hydrogens is 372 g/mol. The van der Waals surface area contributed by atoms with Crippen LogP contribution in [-0.2, 0) is 19.6 Å².